The van der Waals surface area contributed by atoms with Crippen molar-refractivity contribution in [2.24, 2.45) is 11.3 Å². The van der Waals surface area contributed by atoms with Gasteiger partial charge in [0, 0.05) is 12.1 Å². The molecule has 0 aliphatic heterocycles. The number of nitrogens with one attached hydrogen (secondary N) is 1. The fourth-order valence-corrected chi connectivity index (χ4v) is 3.18. The van der Waals surface area contributed by atoms with Crippen LogP contribution in [0.4, 0.5) is 0 Å². The van der Waals surface area contributed by atoms with Crippen molar-refractivity contribution in [2.45, 2.75) is 70.4 Å². The van der Waals surface area contributed by atoms with E-state index in [0.717, 1.165) is 23.4 Å². The maximum atomic E-state index is 3.85. The second-order valence-corrected chi connectivity index (χ2v) is 6.07. The van der Waals surface area contributed by atoms with Crippen LogP contribution in [0.15, 0.2) is 0 Å². The number of rotatable bonds is 3. The highest BCUT2D eigenvalue weighted by atomic mass is 15.0. The first-order valence-electron chi connectivity index (χ1n) is 6.54. The van der Waals surface area contributed by atoms with Gasteiger partial charge in [-0.25, -0.2) is 0 Å². The summed E-state index contributed by atoms with van der Waals surface area (Å²) in [6, 6.07) is 1.66. The van der Waals surface area contributed by atoms with E-state index in [1.807, 2.05) is 0 Å². The first-order chi connectivity index (χ1) is 6.77. The molecule has 0 saturated heterocycles. The van der Waals surface area contributed by atoms with Crippen LogP contribution < -0.4 is 5.32 Å². The summed E-state index contributed by atoms with van der Waals surface area (Å²) < 4.78 is 0. The van der Waals surface area contributed by atoms with Crippen LogP contribution in [0.5, 0.6) is 0 Å². The fourth-order valence-electron chi connectivity index (χ4n) is 3.18. The summed E-state index contributed by atoms with van der Waals surface area (Å²) >= 11 is 0. The van der Waals surface area contributed by atoms with E-state index in [-0.39, 0.29) is 0 Å². The van der Waals surface area contributed by atoms with Gasteiger partial charge in [-0.05, 0) is 69.6 Å². The van der Waals surface area contributed by atoms with Crippen molar-refractivity contribution in [1.82, 2.24) is 5.32 Å². The lowest BCUT2D eigenvalue weighted by molar-refractivity contribution is 0.256. The van der Waals surface area contributed by atoms with Gasteiger partial charge in [-0.15, -0.1) is 0 Å². The van der Waals surface area contributed by atoms with Crippen LogP contribution in [0, 0.1) is 11.3 Å². The average Bonchev–Trinajstić information content (AvgIpc) is 3.05. The molecule has 0 heterocycles. The summed E-state index contributed by atoms with van der Waals surface area (Å²) in [6.07, 6.45) is 12.0. The minimum Gasteiger partial charge on any atom is -0.311 e. The van der Waals surface area contributed by atoms with Gasteiger partial charge in [0.15, 0.2) is 0 Å². The van der Waals surface area contributed by atoms with Crippen molar-refractivity contribution in [2.75, 3.05) is 0 Å². The summed E-state index contributed by atoms with van der Waals surface area (Å²) in [5.41, 5.74) is 0.862. The van der Waals surface area contributed by atoms with E-state index in [0.29, 0.717) is 0 Å². The van der Waals surface area contributed by atoms with Crippen LogP contribution in [0.1, 0.15) is 58.3 Å². The van der Waals surface area contributed by atoms with Gasteiger partial charge in [0.25, 0.3) is 0 Å². The van der Waals surface area contributed by atoms with E-state index in [2.05, 4.69) is 12.2 Å². The Morgan fingerprint density at radius 2 is 1.64 bits per heavy atom. The molecule has 1 heteroatoms. The molecule has 1 unspecified atom stereocenters. The smallest absolute Gasteiger partial charge is 0.00700 e. The Balaban J connectivity index is 1.45. The monoisotopic (exact) mass is 193 g/mol. The maximum Gasteiger partial charge on any atom is 0.00700 e. The molecule has 3 aliphatic rings. The summed E-state index contributed by atoms with van der Waals surface area (Å²) in [5, 5.41) is 3.85. The molecule has 0 aromatic heterocycles. The van der Waals surface area contributed by atoms with E-state index in [1.165, 1.54) is 51.4 Å². The molecule has 0 amide bonds. The summed E-state index contributed by atoms with van der Waals surface area (Å²) in [6.45, 7) is 2.39. The maximum absolute atomic E-state index is 3.85. The molecule has 1 nitrogen and oxygen atoms in total. The van der Waals surface area contributed by atoms with Gasteiger partial charge in [0.1, 0.15) is 0 Å². The highest BCUT2D eigenvalue weighted by Crippen LogP contribution is 2.56. The lowest BCUT2D eigenvalue weighted by atomic mass is 9.83. The Hall–Kier alpha value is -0.0400. The first-order valence-corrected chi connectivity index (χ1v) is 6.54. The van der Waals surface area contributed by atoms with Crippen molar-refractivity contribution in [3.05, 3.63) is 0 Å². The lowest BCUT2D eigenvalue weighted by Crippen LogP contribution is -2.40. The van der Waals surface area contributed by atoms with Crippen molar-refractivity contribution in [1.29, 1.82) is 0 Å². The molecule has 1 spiro atoms. The quantitative estimate of drug-likeness (QED) is 0.726. The standard InChI is InChI=1S/C13H23N/c1-10(11-2-3-11)14-12-4-6-13(7-5-12)8-9-13/h10-12,14H,2-9H2,1H3. The molecular formula is C13H23N. The number of hydrogen-bond donors (Lipinski definition) is 1. The molecule has 1 atom stereocenters. The molecule has 14 heavy (non-hydrogen) atoms. The topological polar surface area (TPSA) is 12.0 Å². The molecule has 0 bridgehead atoms. The van der Waals surface area contributed by atoms with Crippen LogP contribution >= 0.6 is 0 Å². The third-order valence-corrected chi connectivity index (χ3v) is 4.83. The molecule has 0 radical (unpaired) electrons. The van der Waals surface area contributed by atoms with Crippen molar-refractivity contribution in [3.8, 4) is 0 Å². The van der Waals surface area contributed by atoms with E-state index in [9.17, 15) is 0 Å². The van der Waals surface area contributed by atoms with Crippen molar-refractivity contribution in [3.63, 3.8) is 0 Å². The summed E-state index contributed by atoms with van der Waals surface area (Å²) in [7, 11) is 0. The van der Waals surface area contributed by atoms with Crippen LogP contribution in [-0.4, -0.2) is 12.1 Å². The third kappa shape index (κ3) is 1.84. The zero-order chi connectivity index (χ0) is 9.60. The largest absolute Gasteiger partial charge is 0.311 e. The predicted molar refractivity (Wildman–Crippen MR) is 59.2 cm³/mol. The molecule has 80 valence electrons. The van der Waals surface area contributed by atoms with Gasteiger partial charge in [0.2, 0.25) is 0 Å². The molecular weight excluding hydrogens is 170 g/mol. The molecule has 3 saturated carbocycles. The second-order valence-electron chi connectivity index (χ2n) is 6.07. The van der Waals surface area contributed by atoms with E-state index in [4.69, 9.17) is 0 Å². The fraction of sp³-hybridized carbons (Fsp3) is 1.00. The van der Waals surface area contributed by atoms with Gasteiger partial charge in [-0.2, -0.15) is 0 Å². The molecule has 0 aromatic carbocycles. The highest BCUT2D eigenvalue weighted by molar-refractivity contribution is 4.98. The Labute approximate surface area is 87.7 Å². The zero-order valence-electron chi connectivity index (χ0n) is 9.39. The van der Waals surface area contributed by atoms with E-state index < -0.39 is 0 Å². The Bertz CT molecular complexity index is 205. The predicted octanol–water partition coefficient (Wildman–Crippen LogP) is 3.10. The highest BCUT2D eigenvalue weighted by Gasteiger charge is 2.45. The third-order valence-electron chi connectivity index (χ3n) is 4.83. The van der Waals surface area contributed by atoms with Crippen molar-refractivity contribution < 1.29 is 0 Å². The van der Waals surface area contributed by atoms with E-state index in [1.54, 1.807) is 0 Å². The minimum atomic E-state index is 0.799. The Morgan fingerprint density at radius 1 is 1.00 bits per heavy atom. The van der Waals surface area contributed by atoms with Crippen LogP contribution in [0.3, 0.4) is 0 Å². The number of hydrogen-bond acceptors (Lipinski definition) is 1. The van der Waals surface area contributed by atoms with Gasteiger partial charge in [-0.3, -0.25) is 0 Å². The Morgan fingerprint density at radius 3 is 2.14 bits per heavy atom. The van der Waals surface area contributed by atoms with Gasteiger partial charge in [-0.1, -0.05) is 0 Å². The van der Waals surface area contributed by atoms with Crippen molar-refractivity contribution >= 4 is 0 Å². The first kappa shape index (κ1) is 9.21. The van der Waals surface area contributed by atoms with E-state index >= 15 is 0 Å². The van der Waals surface area contributed by atoms with Gasteiger partial charge in [0.05, 0.1) is 0 Å². The minimum absolute atomic E-state index is 0.799. The molecule has 3 aliphatic carbocycles. The zero-order valence-corrected chi connectivity index (χ0v) is 9.39. The molecule has 3 rings (SSSR count). The summed E-state index contributed by atoms with van der Waals surface area (Å²) in [4.78, 5) is 0. The molecule has 1 N–H and O–H groups in total. The molecule has 0 aromatic rings. The normalized spacial score (nSPS) is 33.2. The van der Waals surface area contributed by atoms with Gasteiger partial charge < -0.3 is 5.32 Å². The van der Waals surface area contributed by atoms with Crippen LogP contribution in [0.2, 0.25) is 0 Å². The average molecular weight is 193 g/mol. The summed E-state index contributed by atoms with van der Waals surface area (Å²) in [5.74, 6) is 1.02. The van der Waals surface area contributed by atoms with Crippen LogP contribution in [0.25, 0.3) is 0 Å². The second kappa shape index (κ2) is 3.23. The van der Waals surface area contributed by atoms with Gasteiger partial charge >= 0.3 is 0 Å². The molecule has 3 fully saturated rings. The Kier molecular flexibility index (Phi) is 2.12. The SMILES string of the molecule is CC(NC1CCC2(CC1)CC2)C1CC1. The van der Waals surface area contributed by atoms with Crippen LogP contribution in [-0.2, 0) is 0 Å². The lowest BCUT2D eigenvalue weighted by Gasteiger charge is -2.31.